The van der Waals surface area contributed by atoms with E-state index in [-0.39, 0.29) is 23.2 Å². The highest BCUT2D eigenvalue weighted by Crippen LogP contribution is 2.40. The van der Waals surface area contributed by atoms with Crippen molar-refractivity contribution in [2.75, 3.05) is 26.3 Å². The minimum atomic E-state index is -0.311. The zero-order valence-electron chi connectivity index (χ0n) is 13.8. The van der Waals surface area contributed by atoms with E-state index in [0.717, 1.165) is 12.2 Å². The third kappa shape index (κ3) is 3.05. The molecule has 1 amide bonds. The van der Waals surface area contributed by atoms with Crippen molar-refractivity contribution < 1.29 is 19.4 Å². The number of ether oxygens (including phenoxy) is 2. The van der Waals surface area contributed by atoms with E-state index in [4.69, 9.17) is 9.47 Å². The second kappa shape index (κ2) is 6.37. The van der Waals surface area contributed by atoms with Gasteiger partial charge in [0.2, 0.25) is 0 Å². The number of phenolic OH excluding ortho intramolecular Hbond substituents is 1. The van der Waals surface area contributed by atoms with Gasteiger partial charge < -0.3 is 19.5 Å². The Hall–Kier alpha value is -2.60. The van der Waals surface area contributed by atoms with Crippen molar-refractivity contribution in [3.8, 4) is 11.5 Å². The zero-order chi connectivity index (χ0) is 17.3. The van der Waals surface area contributed by atoms with Gasteiger partial charge in [0.25, 0.3) is 5.91 Å². The molecule has 2 aromatic rings. The van der Waals surface area contributed by atoms with Crippen LogP contribution in [0.1, 0.15) is 16.8 Å². The Morgan fingerprint density at radius 3 is 3.00 bits per heavy atom. The molecule has 0 unspecified atom stereocenters. The molecule has 6 nitrogen and oxygen atoms in total. The summed E-state index contributed by atoms with van der Waals surface area (Å²) in [7, 11) is 0. The summed E-state index contributed by atoms with van der Waals surface area (Å²) in [4.78, 5) is 18.3. The summed E-state index contributed by atoms with van der Waals surface area (Å²) in [5, 5.41) is 9.54. The van der Waals surface area contributed by atoms with Crippen molar-refractivity contribution in [2.45, 2.75) is 12.0 Å². The van der Waals surface area contributed by atoms with Gasteiger partial charge in [0.05, 0.1) is 25.9 Å². The molecule has 1 aromatic heterocycles. The first-order chi connectivity index (χ1) is 12.2. The second-order valence-corrected chi connectivity index (χ2v) is 6.61. The van der Waals surface area contributed by atoms with Gasteiger partial charge in [-0.1, -0.05) is 6.07 Å². The largest absolute Gasteiger partial charge is 0.508 e. The highest BCUT2D eigenvalue weighted by molar-refractivity contribution is 5.95. The van der Waals surface area contributed by atoms with Crippen LogP contribution in [0, 0.1) is 5.92 Å². The van der Waals surface area contributed by atoms with E-state index >= 15 is 0 Å². The molecule has 0 aliphatic carbocycles. The number of pyridine rings is 1. The molecule has 0 radical (unpaired) electrons. The fourth-order valence-corrected chi connectivity index (χ4v) is 3.56. The number of nitrogens with zero attached hydrogens (tertiary/aromatic N) is 2. The van der Waals surface area contributed by atoms with Crippen LogP contribution in [-0.2, 0) is 4.74 Å². The quantitative estimate of drug-likeness (QED) is 0.923. The third-order valence-electron chi connectivity index (χ3n) is 4.98. The molecule has 0 bridgehead atoms. The van der Waals surface area contributed by atoms with E-state index in [1.807, 2.05) is 12.1 Å². The predicted octanol–water partition coefficient (Wildman–Crippen LogP) is 2.10. The number of carbonyl (C=O) groups excluding carboxylic acids is 1. The number of carbonyl (C=O) groups is 1. The summed E-state index contributed by atoms with van der Waals surface area (Å²) in [5.74, 6) is 1.02. The molecule has 2 aliphatic heterocycles. The van der Waals surface area contributed by atoms with Crippen molar-refractivity contribution >= 4 is 5.91 Å². The molecule has 2 saturated heterocycles. The number of aromatic hydroxyl groups is 1. The second-order valence-electron chi connectivity index (χ2n) is 6.61. The van der Waals surface area contributed by atoms with Gasteiger partial charge >= 0.3 is 0 Å². The average molecular weight is 340 g/mol. The van der Waals surface area contributed by atoms with Crippen LogP contribution in [0.3, 0.4) is 0 Å². The SMILES string of the molecule is O=C(c1cccc(O)c1)N1CC2(C1)OCC[C@H]2COc1cccnc1. The van der Waals surface area contributed by atoms with E-state index < -0.39 is 0 Å². The summed E-state index contributed by atoms with van der Waals surface area (Å²) < 4.78 is 11.8. The normalized spacial score (nSPS) is 21.1. The first-order valence-electron chi connectivity index (χ1n) is 8.41. The van der Waals surface area contributed by atoms with Crippen molar-refractivity contribution in [1.29, 1.82) is 0 Å². The molecular formula is C19H20N2O4. The van der Waals surface area contributed by atoms with Crippen LogP contribution in [0.2, 0.25) is 0 Å². The van der Waals surface area contributed by atoms with E-state index in [1.165, 1.54) is 6.07 Å². The zero-order valence-corrected chi connectivity index (χ0v) is 13.8. The summed E-state index contributed by atoms with van der Waals surface area (Å²) in [6, 6.07) is 10.2. The maximum atomic E-state index is 12.5. The molecule has 1 aromatic carbocycles. The minimum absolute atomic E-state index is 0.0797. The Labute approximate surface area is 146 Å². The number of hydrogen-bond donors (Lipinski definition) is 1. The topological polar surface area (TPSA) is 71.9 Å². The number of likely N-dealkylation sites (tertiary alicyclic amines) is 1. The highest BCUT2D eigenvalue weighted by atomic mass is 16.5. The van der Waals surface area contributed by atoms with E-state index in [1.54, 1.807) is 35.5 Å². The van der Waals surface area contributed by atoms with Gasteiger partial charge in [0.15, 0.2) is 0 Å². The molecule has 3 heterocycles. The number of phenols is 1. The molecular weight excluding hydrogens is 320 g/mol. The fraction of sp³-hybridized carbons (Fsp3) is 0.368. The van der Waals surface area contributed by atoms with Crippen molar-refractivity contribution in [1.82, 2.24) is 9.88 Å². The van der Waals surface area contributed by atoms with E-state index in [2.05, 4.69) is 4.98 Å². The van der Waals surface area contributed by atoms with Crippen LogP contribution in [0.5, 0.6) is 11.5 Å². The van der Waals surface area contributed by atoms with Gasteiger partial charge in [-0.05, 0) is 36.8 Å². The number of aromatic nitrogens is 1. The van der Waals surface area contributed by atoms with Gasteiger partial charge in [0.1, 0.15) is 17.1 Å². The highest BCUT2D eigenvalue weighted by Gasteiger charge is 2.54. The lowest BCUT2D eigenvalue weighted by Gasteiger charge is -2.50. The number of rotatable bonds is 4. The Kier molecular flexibility index (Phi) is 4.05. The maximum Gasteiger partial charge on any atom is 0.254 e. The molecule has 1 atom stereocenters. The minimum Gasteiger partial charge on any atom is -0.508 e. The lowest BCUT2D eigenvalue weighted by Crippen LogP contribution is -2.66. The first kappa shape index (κ1) is 15.9. The average Bonchev–Trinajstić information content (AvgIpc) is 3.03. The van der Waals surface area contributed by atoms with Crippen LogP contribution in [-0.4, -0.2) is 52.8 Å². The van der Waals surface area contributed by atoms with Crippen molar-refractivity contribution in [3.63, 3.8) is 0 Å². The number of hydrogen-bond acceptors (Lipinski definition) is 5. The van der Waals surface area contributed by atoms with Crippen LogP contribution in [0.15, 0.2) is 48.8 Å². The summed E-state index contributed by atoms with van der Waals surface area (Å²) in [6.45, 7) is 2.36. The summed E-state index contributed by atoms with van der Waals surface area (Å²) in [5.41, 5.74) is 0.185. The summed E-state index contributed by atoms with van der Waals surface area (Å²) in [6.07, 6.45) is 4.33. The Balaban J connectivity index is 1.38. The lowest BCUT2D eigenvalue weighted by molar-refractivity contribution is -0.122. The number of amides is 1. The van der Waals surface area contributed by atoms with Gasteiger partial charge in [-0.25, -0.2) is 0 Å². The monoisotopic (exact) mass is 340 g/mol. The summed E-state index contributed by atoms with van der Waals surface area (Å²) >= 11 is 0. The smallest absolute Gasteiger partial charge is 0.254 e. The Morgan fingerprint density at radius 2 is 2.24 bits per heavy atom. The molecule has 0 saturated carbocycles. The molecule has 1 spiro atoms. The molecule has 2 fully saturated rings. The molecule has 1 N–H and O–H groups in total. The van der Waals surface area contributed by atoms with E-state index in [9.17, 15) is 9.90 Å². The lowest BCUT2D eigenvalue weighted by atomic mass is 9.81. The molecule has 2 aliphatic rings. The van der Waals surface area contributed by atoms with Gasteiger partial charge in [0, 0.05) is 24.3 Å². The van der Waals surface area contributed by atoms with Crippen LogP contribution in [0.25, 0.3) is 0 Å². The van der Waals surface area contributed by atoms with Crippen LogP contribution in [0.4, 0.5) is 0 Å². The standard InChI is InChI=1S/C19H20N2O4/c22-16-4-1-3-14(9-16)18(23)21-12-19(13-21)15(6-8-25-19)11-24-17-5-2-7-20-10-17/h1-5,7,9-10,15,22H,6,8,11-13H2/t15-/m0/s1. The number of benzene rings is 1. The molecule has 6 heteroatoms. The van der Waals surface area contributed by atoms with Gasteiger partial charge in [-0.15, -0.1) is 0 Å². The van der Waals surface area contributed by atoms with Crippen LogP contribution < -0.4 is 4.74 Å². The maximum absolute atomic E-state index is 12.5. The predicted molar refractivity (Wildman–Crippen MR) is 90.5 cm³/mol. The van der Waals surface area contributed by atoms with E-state index in [0.29, 0.717) is 31.9 Å². The fourth-order valence-electron chi connectivity index (χ4n) is 3.56. The van der Waals surface area contributed by atoms with Crippen molar-refractivity contribution in [2.24, 2.45) is 5.92 Å². The van der Waals surface area contributed by atoms with Crippen LogP contribution >= 0.6 is 0 Å². The third-order valence-corrected chi connectivity index (χ3v) is 4.98. The molecule has 130 valence electrons. The molecule has 4 rings (SSSR count). The Morgan fingerprint density at radius 1 is 1.36 bits per heavy atom. The molecule has 25 heavy (non-hydrogen) atoms. The van der Waals surface area contributed by atoms with Gasteiger partial charge in [-0.3, -0.25) is 9.78 Å². The van der Waals surface area contributed by atoms with Gasteiger partial charge in [-0.2, -0.15) is 0 Å². The van der Waals surface area contributed by atoms with Crippen molar-refractivity contribution in [3.05, 3.63) is 54.4 Å². The first-order valence-corrected chi connectivity index (χ1v) is 8.41. The Bertz CT molecular complexity index is 759.